The van der Waals surface area contributed by atoms with Crippen molar-refractivity contribution >= 4 is 11.8 Å². The quantitative estimate of drug-likeness (QED) is 0.871. The average molecular weight is 278 g/mol. The third-order valence-electron chi connectivity index (χ3n) is 4.09. The molecule has 0 aliphatic carbocycles. The summed E-state index contributed by atoms with van der Waals surface area (Å²) < 4.78 is 1.74. The SMILES string of the molecule is CCC1(C)NC(=O)C(C)N(CCc2cnn(C)c2)C1=O. The highest BCUT2D eigenvalue weighted by atomic mass is 16.2. The van der Waals surface area contributed by atoms with E-state index in [-0.39, 0.29) is 11.8 Å². The Bertz CT molecular complexity index is 525. The van der Waals surface area contributed by atoms with Gasteiger partial charge in [0.25, 0.3) is 0 Å². The molecule has 2 atom stereocenters. The van der Waals surface area contributed by atoms with Gasteiger partial charge in [-0.25, -0.2) is 0 Å². The molecule has 1 saturated heterocycles. The van der Waals surface area contributed by atoms with Gasteiger partial charge in [-0.15, -0.1) is 0 Å². The molecule has 1 aromatic heterocycles. The van der Waals surface area contributed by atoms with Crippen LogP contribution in [0.4, 0.5) is 0 Å². The largest absolute Gasteiger partial charge is 0.340 e. The summed E-state index contributed by atoms with van der Waals surface area (Å²) in [5, 5.41) is 6.94. The molecule has 0 aromatic carbocycles. The Morgan fingerprint density at radius 1 is 1.45 bits per heavy atom. The number of nitrogens with zero attached hydrogens (tertiary/aromatic N) is 3. The van der Waals surface area contributed by atoms with Crippen LogP contribution in [0.1, 0.15) is 32.8 Å². The maximum Gasteiger partial charge on any atom is 0.248 e. The van der Waals surface area contributed by atoms with Crippen molar-refractivity contribution in [2.24, 2.45) is 7.05 Å². The summed E-state index contributed by atoms with van der Waals surface area (Å²) in [6, 6.07) is -0.418. The second kappa shape index (κ2) is 5.26. The molecule has 1 N–H and O–H groups in total. The molecule has 1 aliphatic heterocycles. The fourth-order valence-electron chi connectivity index (χ4n) is 2.45. The minimum Gasteiger partial charge on any atom is -0.340 e. The van der Waals surface area contributed by atoms with E-state index in [1.54, 1.807) is 29.6 Å². The fraction of sp³-hybridized carbons (Fsp3) is 0.643. The molecule has 2 heterocycles. The Morgan fingerprint density at radius 2 is 2.15 bits per heavy atom. The first kappa shape index (κ1) is 14.6. The molecule has 1 fully saturated rings. The number of amides is 2. The van der Waals surface area contributed by atoms with Gasteiger partial charge in [0, 0.05) is 19.8 Å². The van der Waals surface area contributed by atoms with Gasteiger partial charge in [0.2, 0.25) is 11.8 Å². The zero-order chi connectivity index (χ0) is 14.9. The summed E-state index contributed by atoms with van der Waals surface area (Å²) in [6.45, 7) is 6.00. The van der Waals surface area contributed by atoms with Crippen molar-refractivity contribution in [2.45, 2.75) is 45.2 Å². The maximum absolute atomic E-state index is 12.6. The Kier molecular flexibility index (Phi) is 3.83. The zero-order valence-corrected chi connectivity index (χ0v) is 12.5. The number of nitrogens with one attached hydrogen (secondary N) is 1. The van der Waals surface area contributed by atoms with E-state index >= 15 is 0 Å². The Labute approximate surface area is 119 Å². The van der Waals surface area contributed by atoms with Gasteiger partial charge in [0.1, 0.15) is 11.6 Å². The van der Waals surface area contributed by atoms with Crippen molar-refractivity contribution in [1.29, 1.82) is 0 Å². The van der Waals surface area contributed by atoms with Crippen molar-refractivity contribution in [1.82, 2.24) is 20.0 Å². The van der Waals surface area contributed by atoms with Crippen molar-refractivity contribution in [3.8, 4) is 0 Å². The predicted molar refractivity (Wildman–Crippen MR) is 74.9 cm³/mol. The van der Waals surface area contributed by atoms with Crippen LogP contribution in [0.3, 0.4) is 0 Å². The highest BCUT2D eigenvalue weighted by Gasteiger charge is 2.44. The number of aryl methyl sites for hydroxylation is 1. The highest BCUT2D eigenvalue weighted by Crippen LogP contribution is 2.21. The molecule has 1 aliphatic rings. The van der Waals surface area contributed by atoms with Crippen LogP contribution in [-0.4, -0.2) is 44.6 Å². The third kappa shape index (κ3) is 2.55. The van der Waals surface area contributed by atoms with Crippen LogP contribution in [-0.2, 0) is 23.1 Å². The van der Waals surface area contributed by atoms with Gasteiger partial charge in [0.15, 0.2) is 0 Å². The third-order valence-corrected chi connectivity index (χ3v) is 4.09. The van der Waals surface area contributed by atoms with E-state index in [1.165, 1.54) is 0 Å². The number of piperazine rings is 1. The lowest BCUT2D eigenvalue weighted by Gasteiger charge is -2.43. The molecule has 2 unspecified atom stereocenters. The van der Waals surface area contributed by atoms with Crippen LogP contribution >= 0.6 is 0 Å². The molecule has 0 spiro atoms. The molecule has 20 heavy (non-hydrogen) atoms. The number of carbonyl (C=O) groups is 2. The van der Waals surface area contributed by atoms with Gasteiger partial charge in [0.05, 0.1) is 6.20 Å². The van der Waals surface area contributed by atoms with E-state index < -0.39 is 11.6 Å². The fourth-order valence-corrected chi connectivity index (χ4v) is 2.45. The first-order valence-electron chi connectivity index (χ1n) is 6.98. The standard InChI is InChI=1S/C14H22N4O2/c1-5-14(3)13(20)18(10(2)12(19)16-14)7-6-11-8-15-17(4)9-11/h8-10H,5-7H2,1-4H3,(H,16,19). The zero-order valence-electron chi connectivity index (χ0n) is 12.5. The lowest BCUT2D eigenvalue weighted by atomic mass is 9.92. The molecule has 6 nitrogen and oxygen atoms in total. The average Bonchev–Trinajstić information content (AvgIpc) is 2.82. The van der Waals surface area contributed by atoms with Crippen LogP contribution < -0.4 is 5.32 Å². The molecule has 1 aromatic rings. The highest BCUT2D eigenvalue weighted by molar-refractivity contribution is 5.99. The number of hydrogen-bond acceptors (Lipinski definition) is 3. The monoisotopic (exact) mass is 278 g/mol. The van der Waals surface area contributed by atoms with E-state index in [4.69, 9.17) is 0 Å². The molecule has 0 radical (unpaired) electrons. The summed E-state index contributed by atoms with van der Waals surface area (Å²) in [5.41, 5.74) is 0.287. The number of hydrogen-bond donors (Lipinski definition) is 1. The molecule has 0 saturated carbocycles. The summed E-state index contributed by atoms with van der Waals surface area (Å²) in [7, 11) is 1.86. The van der Waals surface area contributed by atoms with Crippen molar-refractivity contribution in [2.75, 3.05) is 6.54 Å². The second-order valence-electron chi connectivity index (χ2n) is 5.62. The lowest BCUT2D eigenvalue weighted by molar-refractivity contribution is -0.153. The van der Waals surface area contributed by atoms with Crippen LogP contribution in [0.2, 0.25) is 0 Å². The van der Waals surface area contributed by atoms with Gasteiger partial charge >= 0.3 is 0 Å². The molecule has 6 heteroatoms. The van der Waals surface area contributed by atoms with E-state index in [0.717, 1.165) is 5.56 Å². The molecule has 2 rings (SSSR count). The van der Waals surface area contributed by atoms with Gasteiger partial charge in [-0.1, -0.05) is 6.92 Å². The second-order valence-corrected chi connectivity index (χ2v) is 5.62. The van der Waals surface area contributed by atoms with E-state index in [2.05, 4.69) is 10.4 Å². The van der Waals surface area contributed by atoms with Gasteiger partial charge in [-0.3, -0.25) is 14.3 Å². The van der Waals surface area contributed by atoms with E-state index in [9.17, 15) is 9.59 Å². The summed E-state index contributed by atoms with van der Waals surface area (Å²) in [6.07, 6.45) is 5.01. The maximum atomic E-state index is 12.6. The number of carbonyl (C=O) groups excluding carboxylic acids is 2. The minimum absolute atomic E-state index is 0.00371. The Balaban J connectivity index is 2.11. The van der Waals surface area contributed by atoms with Crippen LogP contribution in [0, 0.1) is 0 Å². The molecule has 2 amide bonds. The van der Waals surface area contributed by atoms with Crippen molar-refractivity contribution in [3.05, 3.63) is 18.0 Å². The van der Waals surface area contributed by atoms with Crippen LogP contribution in [0.25, 0.3) is 0 Å². The van der Waals surface area contributed by atoms with E-state index in [1.807, 2.05) is 20.2 Å². The van der Waals surface area contributed by atoms with Gasteiger partial charge in [-0.05, 0) is 32.3 Å². The van der Waals surface area contributed by atoms with Gasteiger partial charge < -0.3 is 10.2 Å². The topological polar surface area (TPSA) is 67.2 Å². The lowest BCUT2D eigenvalue weighted by Crippen LogP contribution is -2.68. The predicted octanol–water partition coefficient (Wildman–Crippen LogP) is 0.478. The van der Waals surface area contributed by atoms with E-state index in [0.29, 0.717) is 19.4 Å². The van der Waals surface area contributed by atoms with Crippen LogP contribution in [0.5, 0.6) is 0 Å². The Morgan fingerprint density at radius 3 is 2.70 bits per heavy atom. The van der Waals surface area contributed by atoms with Crippen molar-refractivity contribution in [3.63, 3.8) is 0 Å². The minimum atomic E-state index is -0.779. The smallest absolute Gasteiger partial charge is 0.248 e. The molecular weight excluding hydrogens is 256 g/mol. The summed E-state index contributed by atoms with van der Waals surface area (Å²) in [4.78, 5) is 26.2. The number of aromatic nitrogens is 2. The molecule has 110 valence electrons. The first-order valence-corrected chi connectivity index (χ1v) is 6.98. The number of rotatable bonds is 4. The first-order chi connectivity index (χ1) is 9.37. The molecule has 0 bridgehead atoms. The molecular formula is C14H22N4O2. The Hall–Kier alpha value is -1.85. The summed E-state index contributed by atoms with van der Waals surface area (Å²) >= 11 is 0. The van der Waals surface area contributed by atoms with Gasteiger partial charge in [-0.2, -0.15) is 5.10 Å². The van der Waals surface area contributed by atoms with Crippen molar-refractivity contribution < 1.29 is 9.59 Å². The summed E-state index contributed by atoms with van der Waals surface area (Å²) in [5.74, 6) is -0.0869. The van der Waals surface area contributed by atoms with Crippen LogP contribution in [0.15, 0.2) is 12.4 Å². The normalized spacial score (nSPS) is 26.8.